The van der Waals surface area contributed by atoms with Crippen LogP contribution in [0.4, 0.5) is 5.69 Å². The van der Waals surface area contributed by atoms with E-state index in [1.54, 1.807) is 24.3 Å². The second-order valence-corrected chi connectivity index (χ2v) is 5.18. The molecule has 0 unspecified atom stereocenters. The van der Waals surface area contributed by atoms with Gasteiger partial charge in [-0.2, -0.15) is 0 Å². The molecule has 0 fully saturated rings. The van der Waals surface area contributed by atoms with Gasteiger partial charge in [0.15, 0.2) is 23.9 Å². The van der Waals surface area contributed by atoms with Gasteiger partial charge in [0, 0.05) is 18.1 Å². The number of non-ortho nitro benzene ring substituents is 1. The van der Waals surface area contributed by atoms with Crippen molar-refractivity contribution in [2.75, 3.05) is 19.8 Å². The van der Waals surface area contributed by atoms with Gasteiger partial charge in [-0.25, -0.2) is 0 Å². The molecule has 0 saturated carbocycles. The van der Waals surface area contributed by atoms with Gasteiger partial charge < -0.3 is 14.2 Å². The zero-order valence-corrected chi connectivity index (χ0v) is 12.8. The van der Waals surface area contributed by atoms with Gasteiger partial charge in [0.05, 0.1) is 24.2 Å². The van der Waals surface area contributed by atoms with E-state index in [9.17, 15) is 14.9 Å². The van der Waals surface area contributed by atoms with Crippen molar-refractivity contribution in [2.24, 2.45) is 0 Å². The maximum atomic E-state index is 12.3. The lowest BCUT2D eigenvalue weighted by Crippen LogP contribution is -2.12. The van der Waals surface area contributed by atoms with Crippen LogP contribution in [0, 0.1) is 10.1 Å². The molecule has 0 N–H and O–H groups in total. The van der Waals surface area contributed by atoms with Crippen molar-refractivity contribution in [3.8, 4) is 17.2 Å². The normalized spacial score (nSPS) is 13.0. The standard InChI is InChI=1S/C17H15NO6/c19-15(11-24-14-4-1-3-13(10-14)18(20)21)12-5-6-16-17(9-12)23-8-2-7-22-16/h1,3-6,9-10H,2,7-8,11H2. The number of hydrogen-bond acceptors (Lipinski definition) is 6. The minimum atomic E-state index is -0.515. The third kappa shape index (κ3) is 3.62. The molecule has 0 bridgehead atoms. The van der Waals surface area contributed by atoms with Gasteiger partial charge in [0.2, 0.25) is 0 Å². The van der Waals surface area contributed by atoms with E-state index in [0.717, 1.165) is 6.42 Å². The van der Waals surface area contributed by atoms with Crippen LogP contribution in [0.3, 0.4) is 0 Å². The summed E-state index contributed by atoms with van der Waals surface area (Å²) in [6, 6.07) is 10.7. The van der Waals surface area contributed by atoms with Crippen LogP contribution in [0.25, 0.3) is 0 Å². The molecule has 0 amide bonds. The fraction of sp³-hybridized carbons (Fsp3) is 0.235. The van der Waals surface area contributed by atoms with Crippen LogP contribution in [0.5, 0.6) is 17.2 Å². The summed E-state index contributed by atoms with van der Waals surface area (Å²) in [6.07, 6.45) is 0.786. The summed E-state index contributed by atoms with van der Waals surface area (Å²) in [5, 5.41) is 10.7. The van der Waals surface area contributed by atoms with Gasteiger partial charge in [-0.1, -0.05) is 6.07 Å². The van der Waals surface area contributed by atoms with Crippen LogP contribution in [-0.2, 0) is 0 Å². The fourth-order valence-electron chi connectivity index (χ4n) is 2.26. The minimum Gasteiger partial charge on any atom is -0.490 e. The Kier molecular flexibility index (Phi) is 4.60. The smallest absolute Gasteiger partial charge is 0.273 e. The molecule has 2 aromatic carbocycles. The van der Waals surface area contributed by atoms with Crippen molar-refractivity contribution < 1.29 is 23.9 Å². The van der Waals surface area contributed by atoms with Gasteiger partial charge in [0.25, 0.3) is 5.69 Å². The predicted molar refractivity (Wildman–Crippen MR) is 85.0 cm³/mol. The zero-order chi connectivity index (χ0) is 16.9. The van der Waals surface area contributed by atoms with Crippen molar-refractivity contribution in [1.29, 1.82) is 0 Å². The third-order valence-corrected chi connectivity index (χ3v) is 3.47. The summed E-state index contributed by atoms with van der Waals surface area (Å²) in [6.45, 7) is 0.895. The van der Waals surface area contributed by atoms with E-state index in [1.807, 2.05) is 0 Å². The summed E-state index contributed by atoms with van der Waals surface area (Å²) in [5.41, 5.74) is 0.347. The Morgan fingerprint density at radius 2 is 1.92 bits per heavy atom. The average Bonchev–Trinajstić information content (AvgIpc) is 2.84. The SMILES string of the molecule is O=C(COc1cccc([N+](=O)[O-])c1)c1ccc2c(c1)OCCCO2. The van der Waals surface area contributed by atoms with E-state index < -0.39 is 4.92 Å². The van der Waals surface area contributed by atoms with Crippen LogP contribution in [0.1, 0.15) is 16.8 Å². The van der Waals surface area contributed by atoms with E-state index in [4.69, 9.17) is 14.2 Å². The van der Waals surface area contributed by atoms with E-state index in [0.29, 0.717) is 30.3 Å². The summed E-state index contributed by atoms with van der Waals surface area (Å²) >= 11 is 0. The highest BCUT2D eigenvalue weighted by Crippen LogP contribution is 2.30. The summed E-state index contributed by atoms with van der Waals surface area (Å²) < 4.78 is 16.4. The Hall–Kier alpha value is -3.09. The number of carbonyl (C=O) groups excluding carboxylic acids is 1. The van der Waals surface area contributed by atoms with E-state index >= 15 is 0 Å². The molecule has 3 rings (SSSR count). The fourth-order valence-corrected chi connectivity index (χ4v) is 2.26. The summed E-state index contributed by atoms with van der Waals surface area (Å²) in [4.78, 5) is 22.5. The third-order valence-electron chi connectivity index (χ3n) is 3.47. The first-order valence-electron chi connectivity index (χ1n) is 7.43. The van der Waals surface area contributed by atoms with Crippen LogP contribution in [-0.4, -0.2) is 30.5 Å². The number of nitrogens with zero attached hydrogens (tertiary/aromatic N) is 1. The molecule has 0 aliphatic carbocycles. The molecule has 1 aliphatic rings. The Labute approximate surface area is 137 Å². The Bertz CT molecular complexity index is 773. The molecular weight excluding hydrogens is 314 g/mol. The number of carbonyl (C=O) groups is 1. The number of nitro benzene ring substituents is 1. The van der Waals surface area contributed by atoms with Crippen molar-refractivity contribution in [3.63, 3.8) is 0 Å². The highest BCUT2D eigenvalue weighted by Gasteiger charge is 2.15. The number of benzene rings is 2. The number of ether oxygens (including phenoxy) is 3. The molecule has 7 nitrogen and oxygen atoms in total. The molecule has 0 atom stereocenters. The second kappa shape index (κ2) is 6.99. The maximum Gasteiger partial charge on any atom is 0.273 e. The molecule has 0 aromatic heterocycles. The zero-order valence-electron chi connectivity index (χ0n) is 12.8. The van der Waals surface area contributed by atoms with Gasteiger partial charge >= 0.3 is 0 Å². The first-order chi connectivity index (χ1) is 11.6. The van der Waals surface area contributed by atoms with Crippen LogP contribution >= 0.6 is 0 Å². The molecule has 0 radical (unpaired) electrons. The minimum absolute atomic E-state index is 0.0875. The quantitative estimate of drug-likeness (QED) is 0.476. The largest absolute Gasteiger partial charge is 0.490 e. The molecule has 7 heteroatoms. The van der Waals surface area contributed by atoms with Crippen molar-refractivity contribution in [2.45, 2.75) is 6.42 Å². The number of nitro groups is 1. The molecule has 24 heavy (non-hydrogen) atoms. The second-order valence-electron chi connectivity index (χ2n) is 5.18. The number of Topliss-reactive ketones (excluding diaryl/α,β-unsaturated/α-hetero) is 1. The van der Waals surface area contributed by atoms with Crippen LogP contribution in [0.2, 0.25) is 0 Å². The number of fused-ring (bicyclic) bond motifs is 1. The van der Waals surface area contributed by atoms with Gasteiger partial charge in [0.1, 0.15) is 5.75 Å². The predicted octanol–water partition coefficient (Wildman–Crippen LogP) is 3.02. The van der Waals surface area contributed by atoms with Crippen molar-refractivity contribution in [1.82, 2.24) is 0 Å². The maximum absolute atomic E-state index is 12.3. The molecular formula is C17H15NO6. The number of rotatable bonds is 5. The number of hydrogen-bond donors (Lipinski definition) is 0. The molecule has 0 saturated heterocycles. The molecule has 1 aliphatic heterocycles. The molecule has 124 valence electrons. The van der Waals surface area contributed by atoms with Crippen molar-refractivity contribution >= 4 is 11.5 Å². The molecule has 1 heterocycles. The Morgan fingerprint density at radius 3 is 2.71 bits per heavy atom. The van der Waals surface area contributed by atoms with Crippen molar-refractivity contribution in [3.05, 3.63) is 58.1 Å². The molecule has 0 spiro atoms. The lowest BCUT2D eigenvalue weighted by molar-refractivity contribution is -0.384. The highest BCUT2D eigenvalue weighted by atomic mass is 16.6. The van der Waals surface area contributed by atoms with Gasteiger partial charge in [-0.05, 0) is 24.3 Å². The lowest BCUT2D eigenvalue weighted by Gasteiger charge is -2.09. The summed E-state index contributed by atoms with van der Waals surface area (Å²) in [5.74, 6) is 1.17. The topological polar surface area (TPSA) is 87.9 Å². The van der Waals surface area contributed by atoms with Crippen LogP contribution < -0.4 is 14.2 Å². The molecule has 2 aromatic rings. The van der Waals surface area contributed by atoms with Crippen LogP contribution in [0.15, 0.2) is 42.5 Å². The average molecular weight is 329 g/mol. The van der Waals surface area contributed by atoms with E-state index in [1.165, 1.54) is 18.2 Å². The first-order valence-corrected chi connectivity index (χ1v) is 7.43. The lowest BCUT2D eigenvalue weighted by atomic mass is 10.1. The number of ketones is 1. The van der Waals surface area contributed by atoms with E-state index in [-0.39, 0.29) is 23.8 Å². The highest BCUT2D eigenvalue weighted by molar-refractivity contribution is 5.97. The van der Waals surface area contributed by atoms with Gasteiger partial charge in [-0.3, -0.25) is 14.9 Å². The monoisotopic (exact) mass is 329 g/mol. The summed E-state index contributed by atoms with van der Waals surface area (Å²) in [7, 11) is 0. The van der Waals surface area contributed by atoms with E-state index in [2.05, 4.69) is 0 Å². The Morgan fingerprint density at radius 1 is 1.12 bits per heavy atom. The first kappa shape index (κ1) is 15.8. The van der Waals surface area contributed by atoms with Gasteiger partial charge in [-0.15, -0.1) is 0 Å². The Balaban J connectivity index is 1.68.